The molecular formula is C12H15N5O. The van der Waals surface area contributed by atoms with E-state index in [9.17, 15) is 0 Å². The van der Waals surface area contributed by atoms with Crippen LogP contribution in [-0.4, -0.2) is 33.2 Å². The smallest absolute Gasteiger partial charge is 0.223 e. The molecule has 0 saturated carbocycles. The van der Waals surface area contributed by atoms with Crippen LogP contribution in [0, 0.1) is 6.92 Å². The highest BCUT2D eigenvalue weighted by molar-refractivity contribution is 5.37. The highest BCUT2D eigenvalue weighted by Crippen LogP contribution is 2.27. The summed E-state index contributed by atoms with van der Waals surface area (Å²) >= 11 is 0. The van der Waals surface area contributed by atoms with Gasteiger partial charge in [0.05, 0.1) is 0 Å². The molecule has 1 aliphatic rings. The molecule has 1 unspecified atom stereocenters. The van der Waals surface area contributed by atoms with Gasteiger partial charge in [-0.15, -0.1) is 0 Å². The van der Waals surface area contributed by atoms with Crippen molar-refractivity contribution in [3.8, 4) is 0 Å². The molecule has 0 amide bonds. The van der Waals surface area contributed by atoms with Crippen LogP contribution in [0.15, 0.2) is 23.1 Å². The summed E-state index contributed by atoms with van der Waals surface area (Å²) in [5.41, 5.74) is 0. The van der Waals surface area contributed by atoms with Crippen molar-refractivity contribution >= 4 is 5.82 Å². The molecule has 18 heavy (non-hydrogen) atoms. The maximum absolute atomic E-state index is 5.05. The minimum absolute atomic E-state index is 0.325. The van der Waals surface area contributed by atoms with Gasteiger partial charge in [0.15, 0.2) is 5.82 Å². The summed E-state index contributed by atoms with van der Waals surface area (Å²) in [6, 6.07) is 1.93. The number of hydrogen-bond acceptors (Lipinski definition) is 6. The van der Waals surface area contributed by atoms with Gasteiger partial charge in [-0.1, -0.05) is 5.16 Å². The van der Waals surface area contributed by atoms with Crippen LogP contribution in [0.5, 0.6) is 0 Å². The topological polar surface area (TPSA) is 67.9 Å². The van der Waals surface area contributed by atoms with E-state index in [4.69, 9.17) is 4.52 Å². The summed E-state index contributed by atoms with van der Waals surface area (Å²) in [6.07, 6.45) is 5.56. The standard InChI is InChI=1S/C12H15N5O/c1-9-15-12(16-18-9)10-3-2-6-17(7-10)11-4-5-13-8-14-11/h4-5,8,10H,2-3,6-7H2,1H3. The van der Waals surface area contributed by atoms with E-state index >= 15 is 0 Å². The summed E-state index contributed by atoms with van der Waals surface area (Å²) in [6.45, 7) is 3.72. The predicted molar refractivity (Wildman–Crippen MR) is 65.3 cm³/mol. The van der Waals surface area contributed by atoms with Gasteiger partial charge < -0.3 is 9.42 Å². The third-order valence-corrected chi connectivity index (χ3v) is 3.22. The zero-order chi connectivity index (χ0) is 12.4. The first-order chi connectivity index (χ1) is 8.83. The van der Waals surface area contributed by atoms with Gasteiger partial charge in [0.2, 0.25) is 5.89 Å². The summed E-state index contributed by atoms with van der Waals surface area (Å²) in [5, 5.41) is 4.02. The first kappa shape index (κ1) is 11.1. The zero-order valence-electron chi connectivity index (χ0n) is 10.3. The van der Waals surface area contributed by atoms with Crippen molar-refractivity contribution in [3.05, 3.63) is 30.3 Å². The highest BCUT2D eigenvalue weighted by atomic mass is 16.5. The van der Waals surface area contributed by atoms with E-state index < -0.39 is 0 Å². The minimum Gasteiger partial charge on any atom is -0.356 e. The molecule has 1 saturated heterocycles. The van der Waals surface area contributed by atoms with E-state index in [1.54, 1.807) is 12.5 Å². The van der Waals surface area contributed by atoms with Crippen LogP contribution in [0.2, 0.25) is 0 Å². The first-order valence-electron chi connectivity index (χ1n) is 6.14. The molecule has 3 rings (SSSR count). The summed E-state index contributed by atoms with van der Waals surface area (Å²) in [4.78, 5) is 14.8. The summed E-state index contributed by atoms with van der Waals surface area (Å²) in [5.74, 6) is 2.73. The van der Waals surface area contributed by atoms with Gasteiger partial charge in [0.25, 0.3) is 0 Å². The molecule has 2 aromatic rings. The largest absolute Gasteiger partial charge is 0.356 e. The van der Waals surface area contributed by atoms with E-state index in [0.717, 1.165) is 37.6 Å². The predicted octanol–water partition coefficient (Wildman–Crippen LogP) is 1.55. The van der Waals surface area contributed by atoms with Crippen LogP contribution in [-0.2, 0) is 0 Å². The molecule has 6 heteroatoms. The van der Waals surface area contributed by atoms with Crippen molar-refractivity contribution in [1.82, 2.24) is 20.1 Å². The zero-order valence-corrected chi connectivity index (χ0v) is 10.3. The van der Waals surface area contributed by atoms with Crippen LogP contribution in [0.25, 0.3) is 0 Å². The van der Waals surface area contributed by atoms with Gasteiger partial charge in [-0.05, 0) is 18.9 Å². The van der Waals surface area contributed by atoms with Crippen molar-refractivity contribution in [3.63, 3.8) is 0 Å². The van der Waals surface area contributed by atoms with Crippen LogP contribution in [0.3, 0.4) is 0 Å². The molecule has 0 spiro atoms. The third-order valence-electron chi connectivity index (χ3n) is 3.22. The Morgan fingerprint density at radius 3 is 3.11 bits per heavy atom. The summed E-state index contributed by atoms with van der Waals surface area (Å²) in [7, 11) is 0. The van der Waals surface area contributed by atoms with Crippen LogP contribution >= 0.6 is 0 Å². The molecule has 2 aromatic heterocycles. The molecule has 6 nitrogen and oxygen atoms in total. The lowest BCUT2D eigenvalue weighted by Crippen LogP contribution is -2.35. The van der Waals surface area contributed by atoms with Gasteiger partial charge >= 0.3 is 0 Å². The van der Waals surface area contributed by atoms with Crippen LogP contribution < -0.4 is 4.90 Å². The van der Waals surface area contributed by atoms with E-state index in [2.05, 4.69) is 25.0 Å². The Labute approximate surface area is 105 Å². The van der Waals surface area contributed by atoms with Gasteiger partial charge in [-0.2, -0.15) is 4.98 Å². The fourth-order valence-corrected chi connectivity index (χ4v) is 2.35. The quantitative estimate of drug-likeness (QED) is 0.799. The van der Waals surface area contributed by atoms with Crippen molar-refractivity contribution in [1.29, 1.82) is 0 Å². The molecule has 94 valence electrons. The van der Waals surface area contributed by atoms with E-state index in [-0.39, 0.29) is 0 Å². The Kier molecular flexibility index (Phi) is 2.92. The molecule has 3 heterocycles. The van der Waals surface area contributed by atoms with Crippen molar-refractivity contribution < 1.29 is 4.52 Å². The van der Waals surface area contributed by atoms with E-state index in [0.29, 0.717) is 11.8 Å². The van der Waals surface area contributed by atoms with Gasteiger partial charge in [0.1, 0.15) is 12.1 Å². The van der Waals surface area contributed by atoms with Crippen molar-refractivity contribution in [2.45, 2.75) is 25.7 Å². The fraction of sp³-hybridized carbons (Fsp3) is 0.500. The number of nitrogens with zero attached hydrogens (tertiary/aromatic N) is 5. The van der Waals surface area contributed by atoms with Crippen LogP contribution in [0.1, 0.15) is 30.5 Å². The monoisotopic (exact) mass is 245 g/mol. The normalized spacial score (nSPS) is 20.1. The number of aryl methyl sites for hydroxylation is 1. The van der Waals surface area contributed by atoms with Crippen LogP contribution in [0.4, 0.5) is 5.82 Å². The Bertz CT molecular complexity index is 512. The molecular weight excluding hydrogens is 230 g/mol. The first-order valence-corrected chi connectivity index (χ1v) is 6.14. The number of hydrogen-bond donors (Lipinski definition) is 0. The Hall–Kier alpha value is -1.98. The molecule has 1 atom stereocenters. The van der Waals surface area contributed by atoms with Gasteiger partial charge in [-0.25, -0.2) is 9.97 Å². The Morgan fingerprint density at radius 2 is 2.39 bits per heavy atom. The second-order valence-corrected chi connectivity index (χ2v) is 4.52. The second kappa shape index (κ2) is 4.72. The molecule has 0 aliphatic carbocycles. The number of rotatable bonds is 2. The van der Waals surface area contributed by atoms with E-state index in [1.807, 2.05) is 13.0 Å². The van der Waals surface area contributed by atoms with Crippen molar-refractivity contribution in [2.75, 3.05) is 18.0 Å². The maximum atomic E-state index is 5.05. The van der Waals surface area contributed by atoms with E-state index in [1.165, 1.54) is 0 Å². The molecule has 0 radical (unpaired) electrons. The number of anilines is 1. The van der Waals surface area contributed by atoms with Gasteiger partial charge in [-0.3, -0.25) is 0 Å². The Morgan fingerprint density at radius 1 is 1.44 bits per heavy atom. The minimum atomic E-state index is 0.325. The maximum Gasteiger partial charge on any atom is 0.223 e. The molecule has 0 bridgehead atoms. The fourth-order valence-electron chi connectivity index (χ4n) is 2.35. The number of piperidine rings is 1. The lowest BCUT2D eigenvalue weighted by Gasteiger charge is -2.31. The van der Waals surface area contributed by atoms with Crippen molar-refractivity contribution in [2.24, 2.45) is 0 Å². The SMILES string of the molecule is Cc1nc(C2CCCN(c3ccncn3)C2)no1. The molecule has 1 fully saturated rings. The Balaban J connectivity index is 1.76. The summed E-state index contributed by atoms with van der Waals surface area (Å²) < 4.78 is 5.05. The average Bonchev–Trinajstić information content (AvgIpc) is 2.87. The average molecular weight is 245 g/mol. The molecule has 0 N–H and O–H groups in total. The second-order valence-electron chi connectivity index (χ2n) is 4.52. The molecule has 1 aliphatic heterocycles. The van der Waals surface area contributed by atoms with Gasteiger partial charge in [0, 0.05) is 32.1 Å². The lowest BCUT2D eigenvalue weighted by atomic mass is 9.97. The molecule has 0 aromatic carbocycles. The highest BCUT2D eigenvalue weighted by Gasteiger charge is 2.25. The lowest BCUT2D eigenvalue weighted by molar-refractivity contribution is 0.376. The number of aromatic nitrogens is 4. The third kappa shape index (κ3) is 2.18.